The van der Waals surface area contributed by atoms with Crippen LogP contribution in [0.15, 0.2) is 48.0 Å². The summed E-state index contributed by atoms with van der Waals surface area (Å²) in [5.74, 6) is 0.548. The number of nitrogens with zero attached hydrogens (tertiary/aromatic N) is 5. The van der Waals surface area contributed by atoms with Crippen LogP contribution < -0.4 is 5.32 Å². The average Bonchev–Trinajstić information content (AvgIpc) is 3.24. The van der Waals surface area contributed by atoms with Crippen LogP contribution in [0.3, 0.4) is 0 Å². The highest BCUT2D eigenvalue weighted by molar-refractivity contribution is 8.00. The van der Waals surface area contributed by atoms with Gasteiger partial charge in [-0.2, -0.15) is 5.10 Å². The van der Waals surface area contributed by atoms with Crippen molar-refractivity contribution in [1.29, 1.82) is 0 Å². The molecule has 7 nitrogen and oxygen atoms in total. The lowest BCUT2D eigenvalue weighted by Gasteiger charge is -2.15. The van der Waals surface area contributed by atoms with Gasteiger partial charge in [0.15, 0.2) is 5.16 Å². The first-order valence-corrected chi connectivity index (χ1v) is 9.38. The van der Waals surface area contributed by atoms with E-state index in [1.165, 1.54) is 11.8 Å². The number of anilines is 1. The van der Waals surface area contributed by atoms with Crippen molar-refractivity contribution >= 4 is 35.1 Å². The summed E-state index contributed by atoms with van der Waals surface area (Å²) in [6.07, 6.45) is 3.27. The van der Waals surface area contributed by atoms with E-state index in [4.69, 9.17) is 11.6 Å². The molecule has 0 bridgehead atoms. The number of rotatable bonds is 6. The number of nitrogens with one attached hydrogen (secondary N) is 1. The number of carbonyl (C=O) groups is 1. The number of hydrogen-bond acceptors (Lipinski definition) is 5. The Morgan fingerprint density at radius 2 is 2.08 bits per heavy atom. The summed E-state index contributed by atoms with van der Waals surface area (Å²) in [5, 5.41) is 16.1. The second-order valence-corrected chi connectivity index (χ2v) is 7.71. The zero-order valence-electron chi connectivity index (χ0n) is 14.6. The number of halogens is 1. The number of amides is 1. The summed E-state index contributed by atoms with van der Waals surface area (Å²) in [7, 11) is 0. The lowest BCUT2D eigenvalue weighted by Crippen LogP contribution is -2.25. The van der Waals surface area contributed by atoms with Crippen molar-refractivity contribution in [3.8, 4) is 5.69 Å². The van der Waals surface area contributed by atoms with E-state index in [9.17, 15) is 4.79 Å². The molecule has 9 heteroatoms. The maximum absolute atomic E-state index is 12.6. The molecule has 1 atom stereocenters. The van der Waals surface area contributed by atoms with Gasteiger partial charge in [0, 0.05) is 17.1 Å². The Morgan fingerprint density at radius 3 is 2.81 bits per heavy atom. The highest BCUT2D eigenvalue weighted by Crippen LogP contribution is 2.26. The summed E-state index contributed by atoms with van der Waals surface area (Å²) in [5.41, 5.74) is 0.843. The predicted octanol–water partition coefficient (Wildman–Crippen LogP) is 3.82. The van der Waals surface area contributed by atoms with Crippen LogP contribution in [0.5, 0.6) is 0 Å². The highest BCUT2D eigenvalue weighted by atomic mass is 35.5. The first kappa shape index (κ1) is 18.5. The van der Waals surface area contributed by atoms with Crippen molar-refractivity contribution < 1.29 is 4.79 Å². The third kappa shape index (κ3) is 4.08. The number of hydrogen-bond donors (Lipinski definition) is 1. The van der Waals surface area contributed by atoms with Crippen molar-refractivity contribution in [2.24, 2.45) is 0 Å². The minimum atomic E-state index is -0.368. The fourth-order valence-corrected chi connectivity index (χ4v) is 3.40. The first-order valence-electron chi connectivity index (χ1n) is 8.12. The van der Waals surface area contributed by atoms with Gasteiger partial charge in [-0.25, -0.2) is 4.68 Å². The number of thioether (sulfide) groups is 1. The van der Waals surface area contributed by atoms with Crippen LogP contribution in [0, 0.1) is 0 Å². The van der Waals surface area contributed by atoms with Crippen molar-refractivity contribution in [3.05, 3.63) is 47.9 Å². The Bertz CT molecular complexity index is 906. The van der Waals surface area contributed by atoms with Crippen LogP contribution in [-0.2, 0) is 4.79 Å². The van der Waals surface area contributed by atoms with E-state index < -0.39 is 0 Å². The number of carbonyl (C=O) groups excluding carboxylic acids is 1. The van der Waals surface area contributed by atoms with Crippen molar-refractivity contribution in [2.75, 3.05) is 5.32 Å². The van der Waals surface area contributed by atoms with Gasteiger partial charge in [-0.15, -0.1) is 10.2 Å². The summed E-state index contributed by atoms with van der Waals surface area (Å²) >= 11 is 7.38. The molecular weight excluding hydrogens is 372 g/mol. The van der Waals surface area contributed by atoms with Crippen LogP contribution in [0.1, 0.15) is 26.8 Å². The molecule has 1 unspecified atom stereocenters. The third-order valence-corrected chi connectivity index (χ3v) is 4.96. The summed E-state index contributed by atoms with van der Waals surface area (Å²) < 4.78 is 3.57. The Hall–Kier alpha value is -2.32. The van der Waals surface area contributed by atoms with Gasteiger partial charge in [0.25, 0.3) is 0 Å². The van der Waals surface area contributed by atoms with E-state index in [0.717, 1.165) is 5.69 Å². The Labute approximate surface area is 160 Å². The zero-order chi connectivity index (χ0) is 18.7. The average molecular weight is 391 g/mol. The molecule has 0 spiro atoms. The lowest BCUT2D eigenvalue weighted by atomic mass is 10.3. The molecule has 3 aromatic rings. The number of benzene rings is 1. The fourth-order valence-electron chi connectivity index (χ4n) is 2.37. The van der Waals surface area contributed by atoms with E-state index in [1.807, 2.05) is 39.0 Å². The van der Waals surface area contributed by atoms with E-state index >= 15 is 0 Å². The molecule has 3 rings (SSSR count). The van der Waals surface area contributed by atoms with Gasteiger partial charge >= 0.3 is 0 Å². The molecule has 2 heterocycles. The smallest absolute Gasteiger partial charge is 0.238 e. The van der Waals surface area contributed by atoms with Crippen molar-refractivity contribution in [3.63, 3.8) is 0 Å². The largest absolute Gasteiger partial charge is 0.310 e. The van der Waals surface area contributed by atoms with Gasteiger partial charge in [0.2, 0.25) is 5.91 Å². The molecule has 26 heavy (non-hydrogen) atoms. The topological polar surface area (TPSA) is 77.6 Å². The Morgan fingerprint density at radius 1 is 1.27 bits per heavy atom. The van der Waals surface area contributed by atoms with Crippen LogP contribution in [0.2, 0.25) is 5.02 Å². The number of aromatic nitrogens is 5. The molecule has 0 saturated carbocycles. The standard InChI is InChI=1S/C17H19ClN6OS/c1-11(2)24-15(7-8-20-24)21-16(25)12(3)26-17-22-19-10-23(17)14-6-4-5-13(18)9-14/h4-12H,1-3H3,(H,21,25). The maximum Gasteiger partial charge on any atom is 0.238 e. The predicted molar refractivity (Wildman–Crippen MR) is 103 cm³/mol. The normalized spacial score (nSPS) is 12.3. The summed E-state index contributed by atoms with van der Waals surface area (Å²) in [6.45, 7) is 5.84. The van der Waals surface area contributed by atoms with Gasteiger partial charge in [-0.05, 0) is 39.0 Å². The monoisotopic (exact) mass is 390 g/mol. The van der Waals surface area contributed by atoms with E-state index in [1.54, 1.807) is 33.9 Å². The maximum atomic E-state index is 12.6. The van der Waals surface area contributed by atoms with Crippen LogP contribution in [0.25, 0.3) is 5.69 Å². The molecule has 2 aromatic heterocycles. The zero-order valence-corrected chi connectivity index (χ0v) is 16.2. The molecule has 1 N–H and O–H groups in total. The van der Waals surface area contributed by atoms with Crippen LogP contribution in [-0.4, -0.2) is 35.7 Å². The van der Waals surface area contributed by atoms with E-state index in [0.29, 0.717) is 16.0 Å². The van der Waals surface area contributed by atoms with Crippen molar-refractivity contribution in [1.82, 2.24) is 24.5 Å². The second-order valence-electron chi connectivity index (χ2n) is 5.97. The first-order chi connectivity index (χ1) is 12.5. The Balaban J connectivity index is 1.72. The molecular formula is C17H19ClN6OS. The molecule has 1 aromatic carbocycles. The minimum Gasteiger partial charge on any atom is -0.310 e. The SMILES string of the molecule is CC(Sc1nncn1-c1cccc(Cl)c1)C(=O)Nc1ccnn1C(C)C. The van der Waals surface area contributed by atoms with Gasteiger partial charge in [0.1, 0.15) is 12.1 Å². The molecule has 0 aliphatic heterocycles. The molecule has 1 amide bonds. The van der Waals surface area contributed by atoms with Crippen LogP contribution in [0.4, 0.5) is 5.82 Å². The molecule has 0 aliphatic carbocycles. The van der Waals surface area contributed by atoms with Gasteiger partial charge < -0.3 is 5.32 Å². The minimum absolute atomic E-state index is 0.127. The van der Waals surface area contributed by atoms with Gasteiger partial charge in [-0.1, -0.05) is 29.4 Å². The van der Waals surface area contributed by atoms with Gasteiger partial charge in [0.05, 0.1) is 17.1 Å². The molecule has 136 valence electrons. The molecule has 0 radical (unpaired) electrons. The summed E-state index contributed by atoms with van der Waals surface area (Å²) in [6, 6.07) is 9.33. The lowest BCUT2D eigenvalue weighted by molar-refractivity contribution is -0.115. The Kier molecular flexibility index (Phi) is 5.63. The molecule has 0 saturated heterocycles. The second kappa shape index (κ2) is 7.92. The van der Waals surface area contributed by atoms with Gasteiger partial charge in [-0.3, -0.25) is 9.36 Å². The van der Waals surface area contributed by atoms with Crippen LogP contribution >= 0.6 is 23.4 Å². The van der Waals surface area contributed by atoms with Crippen molar-refractivity contribution in [2.45, 2.75) is 37.2 Å². The van der Waals surface area contributed by atoms with E-state index in [2.05, 4.69) is 20.6 Å². The molecule has 0 aliphatic rings. The third-order valence-electron chi connectivity index (χ3n) is 3.66. The van der Waals surface area contributed by atoms with E-state index in [-0.39, 0.29) is 17.2 Å². The highest BCUT2D eigenvalue weighted by Gasteiger charge is 2.20. The molecule has 0 fully saturated rings. The summed E-state index contributed by atoms with van der Waals surface area (Å²) in [4.78, 5) is 12.6. The quantitative estimate of drug-likeness (QED) is 0.647. The fraction of sp³-hybridized carbons (Fsp3) is 0.294.